The Hall–Kier alpha value is -6.50. The van der Waals surface area contributed by atoms with Crippen LogP contribution in [0.2, 0.25) is 0 Å². The molecule has 0 bridgehead atoms. The number of nitrogens with one attached hydrogen (secondary N) is 5. The molecule has 0 aliphatic rings. The maximum Gasteiger partial charge on any atom is 0.326 e. The Morgan fingerprint density at radius 3 is 1.77 bits per heavy atom. The third-order valence-corrected chi connectivity index (χ3v) is 9.84. The van der Waals surface area contributed by atoms with E-state index >= 15 is 0 Å². The van der Waals surface area contributed by atoms with Gasteiger partial charge in [0.15, 0.2) is 0 Å². The minimum atomic E-state index is -1.54. The molecule has 24 nitrogen and oxygen atoms in total. The third-order valence-electron chi connectivity index (χ3n) is 9.84. The van der Waals surface area contributed by atoms with Gasteiger partial charge < -0.3 is 62.1 Å². The van der Waals surface area contributed by atoms with Crippen LogP contribution in [0.1, 0.15) is 57.1 Å². The number of carboxylic acid groups (broad SMARTS) is 6. The van der Waals surface area contributed by atoms with Crippen LogP contribution in [-0.2, 0) is 44.9 Å². The zero-order chi connectivity index (χ0) is 48.1. The van der Waals surface area contributed by atoms with E-state index < -0.39 is 66.8 Å². The van der Waals surface area contributed by atoms with E-state index in [1.54, 1.807) is 20.9 Å². The van der Waals surface area contributed by atoms with Crippen molar-refractivity contribution >= 4 is 64.4 Å². The Bertz CT molecular complexity index is 1900. The monoisotopic (exact) mass is 919 g/mol. The summed E-state index contributed by atoms with van der Waals surface area (Å²) < 4.78 is 0. The molecule has 11 N–H and O–H groups in total. The number of aliphatic carboxylic acids is 6. The molecule has 0 saturated heterocycles. The number of fused-ring (bicyclic) bond motifs is 1. The first kappa shape index (κ1) is 54.6. The molecule has 0 saturated carbocycles. The van der Waals surface area contributed by atoms with Crippen LogP contribution in [0.4, 0.5) is 4.79 Å². The molecule has 2 aromatic rings. The first-order valence-electron chi connectivity index (χ1n) is 21.1. The summed E-state index contributed by atoms with van der Waals surface area (Å²) in [5.41, 5.74) is 0.655. The molecule has 24 heteroatoms. The fourth-order valence-electron chi connectivity index (χ4n) is 6.50. The van der Waals surface area contributed by atoms with Gasteiger partial charge in [0, 0.05) is 76.8 Å². The second-order valence-electron chi connectivity index (χ2n) is 15.0. The van der Waals surface area contributed by atoms with Gasteiger partial charge in [-0.1, -0.05) is 24.3 Å². The molecule has 0 aliphatic carbocycles. The summed E-state index contributed by atoms with van der Waals surface area (Å²) in [6.07, 6.45) is 2.28. The van der Waals surface area contributed by atoms with Gasteiger partial charge in [-0.15, -0.1) is 0 Å². The minimum Gasteiger partial charge on any atom is -0.481 e. The van der Waals surface area contributed by atoms with Gasteiger partial charge in [0.05, 0.1) is 38.4 Å². The van der Waals surface area contributed by atoms with Gasteiger partial charge in [-0.3, -0.25) is 43.6 Å². The van der Waals surface area contributed by atoms with Gasteiger partial charge in [0.1, 0.15) is 12.1 Å². The van der Waals surface area contributed by atoms with E-state index in [1.807, 2.05) is 30.3 Å². The number of benzene rings is 1. The zero-order valence-electron chi connectivity index (χ0n) is 36.1. The van der Waals surface area contributed by atoms with Crippen molar-refractivity contribution in [1.29, 1.82) is 0 Å². The molecule has 1 aromatic heterocycles. The first-order valence-corrected chi connectivity index (χ1v) is 21.1. The maximum absolute atomic E-state index is 13.6. The number of rotatable bonds is 36. The zero-order valence-corrected chi connectivity index (χ0v) is 36.1. The number of pyridine rings is 1. The SMILES string of the molecule is O=C(O)CCC(NC(=O)N[C@@H](CCCCN(Cc1nccc2ccccc12)C(=O)CCCCNC(=O)CNCCN(CCN(CCNCC(=O)O)CC(=O)O)CC(=O)O)C(=O)O)C(=O)O. The van der Waals surface area contributed by atoms with Crippen molar-refractivity contribution in [1.82, 2.24) is 46.3 Å². The van der Waals surface area contributed by atoms with E-state index in [0.29, 0.717) is 25.0 Å². The van der Waals surface area contributed by atoms with E-state index in [9.17, 15) is 63.6 Å². The lowest BCUT2D eigenvalue weighted by Crippen LogP contribution is -2.51. The number of nitrogens with zero attached hydrogens (tertiary/aromatic N) is 4. The van der Waals surface area contributed by atoms with Crippen LogP contribution >= 0.6 is 0 Å². The van der Waals surface area contributed by atoms with Crippen molar-refractivity contribution < 1.29 is 73.8 Å². The Labute approximate surface area is 374 Å². The standard InChI is InChI=1S/C41H61N9O15/c51-33(23-42-16-19-48(26-37(57)58)21-22-49(27-38(59)60)20-17-43-24-36(55)56)45-14-5-3-10-34(52)50(25-32-29-8-2-1-7-28(29)13-15-44-32)18-6-4-9-30(39(61)62)46-41(65)47-31(40(63)64)11-12-35(53)54/h1-2,7-8,13,15,30-31,42-43H,3-6,9-12,14,16-27H2,(H,45,51)(H,53,54)(H,55,56)(H,57,58)(H,59,60)(H,61,62)(H,63,64)(H2,46,47,65)/t30-,31?/m0/s1. The Morgan fingerprint density at radius 2 is 1.18 bits per heavy atom. The van der Waals surface area contributed by atoms with Crippen molar-refractivity contribution in [2.75, 3.05) is 78.5 Å². The van der Waals surface area contributed by atoms with Crippen molar-refractivity contribution in [2.24, 2.45) is 0 Å². The van der Waals surface area contributed by atoms with Crippen molar-refractivity contribution in [3.05, 3.63) is 42.2 Å². The van der Waals surface area contributed by atoms with Crippen molar-refractivity contribution in [2.45, 2.75) is 70.0 Å². The summed E-state index contributed by atoms with van der Waals surface area (Å²) in [6, 6.07) is 5.36. The number of urea groups is 1. The molecule has 1 aromatic carbocycles. The molecular weight excluding hydrogens is 858 g/mol. The summed E-state index contributed by atoms with van der Waals surface area (Å²) in [5, 5.41) is 69.7. The molecule has 0 fully saturated rings. The van der Waals surface area contributed by atoms with Crippen LogP contribution in [0.3, 0.4) is 0 Å². The molecular formula is C41H61N9O15. The fraction of sp³-hybridized carbons (Fsp3) is 0.561. The number of aromatic nitrogens is 1. The molecule has 2 atom stereocenters. The van der Waals surface area contributed by atoms with E-state index in [2.05, 4.69) is 31.6 Å². The summed E-state index contributed by atoms with van der Waals surface area (Å²) in [5.74, 6) is -7.86. The highest BCUT2D eigenvalue weighted by Crippen LogP contribution is 2.19. The molecule has 4 amide bonds. The van der Waals surface area contributed by atoms with E-state index in [-0.39, 0.29) is 116 Å². The van der Waals surface area contributed by atoms with Crippen LogP contribution in [0.5, 0.6) is 0 Å². The smallest absolute Gasteiger partial charge is 0.326 e. The molecule has 0 radical (unpaired) electrons. The van der Waals surface area contributed by atoms with Crippen LogP contribution in [0.15, 0.2) is 36.5 Å². The average Bonchev–Trinajstić information content (AvgIpc) is 3.23. The molecule has 2 rings (SSSR count). The summed E-state index contributed by atoms with van der Waals surface area (Å²) >= 11 is 0. The second kappa shape index (κ2) is 30.6. The normalized spacial score (nSPS) is 12.0. The number of amides is 4. The number of hydrogen-bond donors (Lipinski definition) is 11. The number of carboxylic acids is 6. The summed E-state index contributed by atoms with van der Waals surface area (Å²) in [7, 11) is 0. The second-order valence-corrected chi connectivity index (χ2v) is 15.0. The topological polar surface area (TPSA) is 358 Å². The van der Waals surface area contributed by atoms with E-state index in [1.165, 1.54) is 0 Å². The fourth-order valence-corrected chi connectivity index (χ4v) is 6.50. The lowest BCUT2D eigenvalue weighted by Gasteiger charge is -2.26. The summed E-state index contributed by atoms with van der Waals surface area (Å²) in [4.78, 5) is 115. The van der Waals surface area contributed by atoms with Crippen LogP contribution in [0.25, 0.3) is 10.8 Å². The minimum absolute atomic E-state index is 0.0520. The van der Waals surface area contributed by atoms with Gasteiger partial charge in [-0.25, -0.2) is 14.4 Å². The highest BCUT2D eigenvalue weighted by atomic mass is 16.4. The van der Waals surface area contributed by atoms with Gasteiger partial charge in [-0.2, -0.15) is 0 Å². The van der Waals surface area contributed by atoms with E-state index in [4.69, 9.17) is 10.2 Å². The van der Waals surface area contributed by atoms with Crippen LogP contribution < -0.4 is 26.6 Å². The van der Waals surface area contributed by atoms with Crippen LogP contribution in [-0.4, -0.2) is 195 Å². The lowest BCUT2D eigenvalue weighted by molar-refractivity contribution is -0.141. The predicted octanol–water partition coefficient (Wildman–Crippen LogP) is -0.872. The molecule has 1 heterocycles. The Morgan fingerprint density at radius 1 is 0.585 bits per heavy atom. The van der Waals surface area contributed by atoms with Gasteiger partial charge >= 0.3 is 41.8 Å². The van der Waals surface area contributed by atoms with Gasteiger partial charge in [0.25, 0.3) is 0 Å². The molecule has 0 spiro atoms. The molecule has 360 valence electrons. The van der Waals surface area contributed by atoms with Gasteiger partial charge in [0.2, 0.25) is 11.8 Å². The number of unbranched alkanes of at least 4 members (excludes halogenated alkanes) is 2. The largest absolute Gasteiger partial charge is 0.481 e. The Kier molecular flexibility index (Phi) is 25.7. The highest BCUT2D eigenvalue weighted by molar-refractivity contribution is 5.87. The maximum atomic E-state index is 13.6. The average molecular weight is 920 g/mol. The highest BCUT2D eigenvalue weighted by Gasteiger charge is 2.25. The molecule has 1 unspecified atom stereocenters. The number of carbonyl (C=O) groups is 9. The number of carbonyl (C=O) groups excluding carboxylic acids is 3. The van der Waals surface area contributed by atoms with E-state index in [0.717, 1.165) is 10.8 Å². The van der Waals surface area contributed by atoms with Crippen LogP contribution in [0, 0.1) is 0 Å². The first-order chi connectivity index (χ1) is 30.9. The third kappa shape index (κ3) is 24.2. The van der Waals surface area contributed by atoms with Crippen molar-refractivity contribution in [3.8, 4) is 0 Å². The lowest BCUT2D eigenvalue weighted by atomic mass is 10.1. The number of hydrogen-bond acceptors (Lipinski definition) is 14. The summed E-state index contributed by atoms with van der Waals surface area (Å²) in [6.45, 7) is 1.04. The Balaban J connectivity index is 1.87. The van der Waals surface area contributed by atoms with Crippen molar-refractivity contribution in [3.63, 3.8) is 0 Å². The quantitative estimate of drug-likeness (QED) is 0.0370. The molecule has 65 heavy (non-hydrogen) atoms. The molecule has 0 aliphatic heterocycles. The van der Waals surface area contributed by atoms with Gasteiger partial charge in [-0.05, 0) is 50.0 Å². The predicted molar refractivity (Wildman–Crippen MR) is 231 cm³/mol.